The number of hydrogen-bond donors (Lipinski definition) is 0. The lowest BCUT2D eigenvalue weighted by molar-refractivity contribution is -0.131. The van der Waals surface area contributed by atoms with Crippen LogP contribution in [-0.4, -0.2) is 43.5 Å². The van der Waals surface area contributed by atoms with Crippen LogP contribution in [0.4, 0.5) is 5.69 Å². The third-order valence-electron chi connectivity index (χ3n) is 5.89. The van der Waals surface area contributed by atoms with Crippen LogP contribution in [0.15, 0.2) is 48.5 Å². The predicted molar refractivity (Wildman–Crippen MR) is 129 cm³/mol. The molecule has 0 radical (unpaired) electrons. The minimum atomic E-state index is -0.0473. The molecule has 0 bridgehead atoms. The van der Waals surface area contributed by atoms with E-state index in [9.17, 15) is 9.59 Å². The Kier molecular flexibility index (Phi) is 9.57. The average Bonchev–Trinajstić information content (AvgIpc) is 2.80. The molecule has 0 fully saturated rings. The van der Waals surface area contributed by atoms with Gasteiger partial charge in [-0.25, -0.2) is 0 Å². The molecule has 2 aromatic rings. The number of carbonyl (C=O) groups excluding carboxylic acids is 2. The van der Waals surface area contributed by atoms with Gasteiger partial charge in [-0.3, -0.25) is 9.59 Å². The molecule has 172 valence electrons. The lowest BCUT2D eigenvalue weighted by Crippen LogP contribution is -2.37. The van der Waals surface area contributed by atoms with Crippen molar-refractivity contribution in [1.82, 2.24) is 4.90 Å². The summed E-state index contributed by atoms with van der Waals surface area (Å²) in [5.41, 5.74) is 2.81. The average molecular weight is 457 g/mol. The summed E-state index contributed by atoms with van der Waals surface area (Å²) in [6.07, 6.45) is 6.79. The van der Waals surface area contributed by atoms with Crippen LogP contribution in [0.3, 0.4) is 0 Å². The maximum Gasteiger partial charge on any atom is 0.252 e. The van der Waals surface area contributed by atoms with Crippen molar-refractivity contribution in [2.45, 2.75) is 51.5 Å². The second kappa shape index (κ2) is 12.6. The van der Waals surface area contributed by atoms with E-state index in [1.165, 1.54) is 0 Å². The van der Waals surface area contributed by atoms with E-state index >= 15 is 0 Å². The summed E-state index contributed by atoms with van der Waals surface area (Å²) in [7, 11) is 1.54. The molecule has 5 nitrogen and oxygen atoms in total. The molecule has 3 rings (SSSR count). The lowest BCUT2D eigenvalue weighted by atomic mass is 10.1. The number of fused-ring (bicyclic) bond motifs is 1. The summed E-state index contributed by atoms with van der Waals surface area (Å²) < 4.78 is 5.13. The fourth-order valence-electron chi connectivity index (χ4n) is 4.15. The zero-order valence-electron chi connectivity index (χ0n) is 18.9. The molecule has 0 saturated heterocycles. The predicted octanol–water partition coefficient (Wildman–Crippen LogP) is 5.24. The Morgan fingerprint density at radius 3 is 2.25 bits per heavy atom. The Balaban J connectivity index is 1.86. The van der Waals surface area contributed by atoms with Gasteiger partial charge >= 0.3 is 0 Å². The molecule has 0 aromatic heterocycles. The summed E-state index contributed by atoms with van der Waals surface area (Å²) in [6.45, 7) is 1.91. The standard InChI is InChI=1S/C26H33ClN2O3/c1-32-20-26(31)29-17-9-5-3-2-4-8-16-28(19-22-10-6-7-11-24(22)29)25(30)18-21-12-14-23(27)15-13-21/h6-7,10-15H,2-5,8-9,16-20H2,1H3. The molecule has 0 N–H and O–H groups in total. The number of anilines is 1. The van der Waals surface area contributed by atoms with Crippen molar-refractivity contribution < 1.29 is 14.3 Å². The minimum Gasteiger partial charge on any atom is -0.375 e. The first-order valence-corrected chi connectivity index (χ1v) is 11.9. The summed E-state index contributed by atoms with van der Waals surface area (Å²) in [5.74, 6) is 0.0422. The highest BCUT2D eigenvalue weighted by Gasteiger charge is 2.21. The van der Waals surface area contributed by atoms with Crippen LogP contribution in [0.5, 0.6) is 0 Å². The van der Waals surface area contributed by atoms with Gasteiger partial charge < -0.3 is 14.5 Å². The Morgan fingerprint density at radius 1 is 0.875 bits per heavy atom. The fraction of sp³-hybridized carbons (Fsp3) is 0.462. The second-order valence-electron chi connectivity index (χ2n) is 8.35. The molecule has 6 heteroatoms. The van der Waals surface area contributed by atoms with Crippen molar-refractivity contribution in [3.05, 3.63) is 64.7 Å². The van der Waals surface area contributed by atoms with Gasteiger partial charge in [-0.1, -0.05) is 67.6 Å². The van der Waals surface area contributed by atoms with Gasteiger partial charge in [0, 0.05) is 37.5 Å². The maximum absolute atomic E-state index is 13.3. The van der Waals surface area contributed by atoms with Crippen molar-refractivity contribution >= 4 is 29.1 Å². The Labute approximate surface area is 196 Å². The lowest BCUT2D eigenvalue weighted by Gasteiger charge is -2.28. The minimum absolute atomic E-state index is 0.0473. The first-order chi connectivity index (χ1) is 15.6. The zero-order chi connectivity index (χ0) is 22.8. The van der Waals surface area contributed by atoms with Gasteiger partial charge in [0.15, 0.2) is 0 Å². The van der Waals surface area contributed by atoms with Gasteiger partial charge in [-0.2, -0.15) is 0 Å². The monoisotopic (exact) mass is 456 g/mol. The molecule has 1 aliphatic rings. The van der Waals surface area contributed by atoms with E-state index < -0.39 is 0 Å². The summed E-state index contributed by atoms with van der Waals surface area (Å²) in [6, 6.07) is 15.4. The smallest absolute Gasteiger partial charge is 0.252 e. The SMILES string of the molecule is COCC(=O)N1CCCCCCCCN(C(=O)Cc2ccc(Cl)cc2)Cc2ccccc21. The number of hydrogen-bond acceptors (Lipinski definition) is 3. The van der Waals surface area contributed by atoms with Crippen molar-refractivity contribution in [2.75, 3.05) is 31.7 Å². The van der Waals surface area contributed by atoms with Crippen LogP contribution in [-0.2, 0) is 27.3 Å². The number of nitrogens with zero attached hydrogens (tertiary/aromatic N) is 2. The third-order valence-corrected chi connectivity index (χ3v) is 6.15. The highest BCUT2D eigenvalue weighted by Crippen LogP contribution is 2.25. The van der Waals surface area contributed by atoms with Crippen LogP contribution >= 0.6 is 11.6 Å². The van der Waals surface area contributed by atoms with E-state index in [4.69, 9.17) is 16.3 Å². The van der Waals surface area contributed by atoms with Crippen molar-refractivity contribution in [1.29, 1.82) is 0 Å². The fourth-order valence-corrected chi connectivity index (χ4v) is 4.28. The van der Waals surface area contributed by atoms with Gasteiger partial charge in [0.25, 0.3) is 5.91 Å². The number of rotatable bonds is 4. The van der Waals surface area contributed by atoms with Gasteiger partial charge in [0.05, 0.1) is 6.42 Å². The molecule has 1 heterocycles. The van der Waals surface area contributed by atoms with Crippen LogP contribution in [0.1, 0.15) is 49.7 Å². The van der Waals surface area contributed by atoms with Crippen LogP contribution < -0.4 is 4.90 Å². The number of methoxy groups -OCH3 is 1. The van der Waals surface area contributed by atoms with Crippen LogP contribution in [0, 0.1) is 0 Å². The first kappa shape index (κ1) is 24.3. The Hall–Kier alpha value is -2.37. The summed E-state index contributed by atoms with van der Waals surface area (Å²) in [4.78, 5) is 29.9. The summed E-state index contributed by atoms with van der Waals surface area (Å²) >= 11 is 5.99. The van der Waals surface area contributed by atoms with Gasteiger partial charge in [-0.15, -0.1) is 0 Å². The third kappa shape index (κ3) is 7.07. The van der Waals surface area contributed by atoms with E-state index in [0.717, 1.165) is 55.3 Å². The quantitative estimate of drug-likeness (QED) is 0.631. The van der Waals surface area contributed by atoms with Crippen molar-refractivity contribution in [3.63, 3.8) is 0 Å². The molecule has 2 amide bonds. The van der Waals surface area contributed by atoms with E-state index in [1.807, 2.05) is 58.3 Å². The Bertz CT molecular complexity index is 885. The molecule has 2 aromatic carbocycles. The molecule has 0 saturated carbocycles. The zero-order valence-corrected chi connectivity index (χ0v) is 19.7. The van der Waals surface area contributed by atoms with Gasteiger partial charge in [0.2, 0.25) is 5.91 Å². The van der Waals surface area contributed by atoms with E-state index in [-0.39, 0.29) is 18.4 Å². The normalized spacial score (nSPS) is 15.8. The van der Waals surface area contributed by atoms with Crippen LogP contribution in [0.2, 0.25) is 5.02 Å². The van der Waals surface area contributed by atoms with Crippen molar-refractivity contribution in [3.8, 4) is 0 Å². The molecular weight excluding hydrogens is 424 g/mol. The van der Waals surface area contributed by atoms with Gasteiger partial charge in [0.1, 0.15) is 6.61 Å². The number of ether oxygens (including phenoxy) is 1. The molecular formula is C26H33ClN2O3. The molecule has 0 aliphatic carbocycles. The molecule has 32 heavy (non-hydrogen) atoms. The van der Waals surface area contributed by atoms with Crippen molar-refractivity contribution in [2.24, 2.45) is 0 Å². The molecule has 1 aliphatic heterocycles. The van der Waals surface area contributed by atoms with E-state index in [0.29, 0.717) is 31.1 Å². The highest BCUT2D eigenvalue weighted by molar-refractivity contribution is 6.30. The number of carbonyl (C=O) groups is 2. The van der Waals surface area contributed by atoms with Gasteiger partial charge in [-0.05, 0) is 42.2 Å². The topological polar surface area (TPSA) is 49.9 Å². The Morgan fingerprint density at radius 2 is 1.53 bits per heavy atom. The number of amides is 2. The molecule has 0 unspecified atom stereocenters. The number of benzene rings is 2. The highest BCUT2D eigenvalue weighted by atomic mass is 35.5. The number of para-hydroxylation sites is 1. The van der Waals surface area contributed by atoms with Crippen LogP contribution in [0.25, 0.3) is 0 Å². The summed E-state index contributed by atoms with van der Waals surface area (Å²) in [5, 5.41) is 0.665. The molecule has 0 spiro atoms. The first-order valence-electron chi connectivity index (χ1n) is 11.5. The maximum atomic E-state index is 13.3. The van der Waals surface area contributed by atoms with E-state index in [1.54, 1.807) is 7.11 Å². The largest absolute Gasteiger partial charge is 0.375 e. The van der Waals surface area contributed by atoms with E-state index in [2.05, 4.69) is 0 Å². The number of halogens is 1. The second-order valence-corrected chi connectivity index (χ2v) is 8.78. The molecule has 0 atom stereocenters.